The molecule has 1 atom stereocenters. The van der Waals surface area contributed by atoms with Crippen LogP contribution in [0.15, 0.2) is 113 Å². The van der Waals surface area contributed by atoms with E-state index in [0.29, 0.717) is 5.69 Å². The summed E-state index contributed by atoms with van der Waals surface area (Å²) in [7, 11) is -4.16. The molecule has 4 rings (SSSR count). The minimum atomic E-state index is -4.16. The highest BCUT2D eigenvalue weighted by Crippen LogP contribution is 2.27. The van der Waals surface area contributed by atoms with Crippen LogP contribution in [0.5, 0.6) is 0 Å². The molecule has 0 radical (unpaired) electrons. The molecule has 2 amide bonds. The van der Waals surface area contributed by atoms with Crippen molar-refractivity contribution in [2.24, 2.45) is 0 Å². The molecule has 0 aliphatic heterocycles. The van der Waals surface area contributed by atoms with Gasteiger partial charge < -0.3 is 10.2 Å². The Labute approximate surface area is 278 Å². The zero-order valence-electron chi connectivity index (χ0n) is 27.4. The molecule has 0 bridgehead atoms. The van der Waals surface area contributed by atoms with E-state index in [9.17, 15) is 18.0 Å². The monoisotopic (exact) mass is 657 g/mol. The first kappa shape index (κ1) is 34.8. The van der Waals surface area contributed by atoms with Crippen LogP contribution in [0.25, 0.3) is 0 Å². The Bertz CT molecular complexity index is 1720. The number of rotatable bonds is 12. The molecule has 4 aromatic carbocycles. The Morgan fingerprint density at radius 3 is 1.89 bits per heavy atom. The maximum Gasteiger partial charge on any atom is 0.264 e. The first-order valence-corrected chi connectivity index (χ1v) is 17.9. The van der Waals surface area contributed by atoms with Crippen molar-refractivity contribution in [2.45, 2.75) is 69.0 Å². The predicted molar refractivity (Wildman–Crippen MR) is 187 cm³/mol. The van der Waals surface area contributed by atoms with Crippen molar-refractivity contribution in [2.75, 3.05) is 17.1 Å². The molecule has 7 nitrogen and oxygen atoms in total. The molecule has 0 aromatic heterocycles. The van der Waals surface area contributed by atoms with Crippen LogP contribution in [0, 0.1) is 13.8 Å². The number of benzene rings is 4. The maximum absolute atomic E-state index is 14.6. The molecule has 0 saturated carbocycles. The van der Waals surface area contributed by atoms with Gasteiger partial charge in [-0.3, -0.25) is 13.9 Å². The summed E-state index contributed by atoms with van der Waals surface area (Å²) < 4.78 is 29.6. The predicted octanol–water partition coefficient (Wildman–Crippen LogP) is 6.78. The zero-order valence-corrected chi connectivity index (χ0v) is 29.0. The third kappa shape index (κ3) is 9.23. The van der Waals surface area contributed by atoms with Crippen molar-refractivity contribution < 1.29 is 18.0 Å². The van der Waals surface area contributed by atoms with E-state index >= 15 is 0 Å². The zero-order chi connectivity index (χ0) is 33.5. The summed E-state index contributed by atoms with van der Waals surface area (Å²) in [5.74, 6) is -0.801. The van der Waals surface area contributed by atoms with Crippen LogP contribution in [0.3, 0.4) is 0 Å². The summed E-state index contributed by atoms with van der Waals surface area (Å²) in [5, 5.41) is 3.06. The Kier molecular flexibility index (Phi) is 11.3. The number of carbonyl (C=O) groups is 2. The van der Waals surface area contributed by atoms with Crippen molar-refractivity contribution >= 4 is 39.3 Å². The first-order valence-electron chi connectivity index (χ1n) is 15.2. The molecule has 0 saturated heterocycles. The van der Waals surface area contributed by atoms with Gasteiger partial charge in [-0.25, -0.2) is 8.42 Å². The number of carbonyl (C=O) groups excluding carboxylic acids is 2. The van der Waals surface area contributed by atoms with E-state index in [2.05, 4.69) is 5.32 Å². The number of thioether (sulfide) groups is 1. The normalized spacial score (nSPS) is 12.3. The number of anilines is 1. The molecule has 1 N–H and O–H groups in total. The molecule has 46 heavy (non-hydrogen) atoms. The van der Waals surface area contributed by atoms with E-state index in [-0.39, 0.29) is 23.8 Å². The van der Waals surface area contributed by atoms with E-state index in [0.717, 1.165) is 31.5 Å². The van der Waals surface area contributed by atoms with E-state index < -0.39 is 34.1 Å². The average Bonchev–Trinajstić information content (AvgIpc) is 3.02. The van der Waals surface area contributed by atoms with Crippen molar-refractivity contribution in [3.63, 3.8) is 0 Å². The fraction of sp³-hybridized carbons (Fsp3) is 0.297. The number of nitrogens with one attached hydrogen (secondary N) is 1. The van der Waals surface area contributed by atoms with Crippen LogP contribution >= 0.6 is 11.8 Å². The van der Waals surface area contributed by atoms with Gasteiger partial charge in [0.2, 0.25) is 11.8 Å². The average molecular weight is 658 g/mol. The van der Waals surface area contributed by atoms with E-state index in [1.165, 1.54) is 16.7 Å². The Morgan fingerprint density at radius 1 is 0.783 bits per heavy atom. The van der Waals surface area contributed by atoms with Gasteiger partial charge in [-0.05, 0) is 88.4 Å². The minimum absolute atomic E-state index is 0.0788. The smallest absolute Gasteiger partial charge is 0.264 e. The van der Waals surface area contributed by atoms with Crippen LogP contribution in [-0.2, 0) is 32.6 Å². The van der Waals surface area contributed by atoms with Gasteiger partial charge in [0.05, 0.1) is 10.6 Å². The highest BCUT2D eigenvalue weighted by atomic mass is 32.2. The number of nitrogens with zero attached hydrogens (tertiary/aromatic N) is 2. The molecule has 0 heterocycles. The van der Waals surface area contributed by atoms with Crippen molar-refractivity contribution in [3.8, 4) is 0 Å². The Balaban J connectivity index is 1.81. The van der Waals surface area contributed by atoms with Crippen LogP contribution in [0.1, 0.15) is 43.0 Å². The second-order valence-electron chi connectivity index (χ2n) is 12.5. The van der Waals surface area contributed by atoms with E-state index in [1.54, 1.807) is 36.4 Å². The molecule has 9 heteroatoms. The second-order valence-corrected chi connectivity index (χ2v) is 15.2. The van der Waals surface area contributed by atoms with Crippen LogP contribution in [-0.4, -0.2) is 49.5 Å². The minimum Gasteiger partial charge on any atom is -0.350 e. The molecule has 4 aromatic rings. The molecular weight excluding hydrogens is 615 g/mol. The Hall–Kier alpha value is -4.08. The summed E-state index contributed by atoms with van der Waals surface area (Å²) >= 11 is 1.51. The topological polar surface area (TPSA) is 86.8 Å². The number of sulfonamides is 1. The molecule has 0 unspecified atom stereocenters. The van der Waals surface area contributed by atoms with Gasteiger partial charge in [0, 0.05) is 23.4 Å². The SMILES string of the molecule is CSc1ccc(S(=O)(=O)N(CC(=O)N(Cc2ccc(C)cc2)[C@@H](Cc2ccccc2)C(=O)NC(C)(C)C)c2ccc(C)cc2)cc1. The van der Waals surface area contributed by atoms with Crippen LogP contribution in [0.2, 0.25) is 0 Å². The molecular formula is C37H43N3O4S2. The van der Waals surface area contributed by atoms with Gasteiger partial charge in [0.1, 0.15) is 12.6 Å². The van der Waals surface area contributed by atoms with Gasteiger partial charge in [-0.2, -0.15) is 0 Å². The van der Waals surface area contributed by atoms with Gasteiger partial charge in [-0.1, -0.05) is 77.9 Å². The number of amides is 2. The van der Waals surface area contributed by atoms with E-state index in [1.807, 2.05) is 108 Å². The summed E-state index contributed by atoms with van der Waals surface area (Å²) in [6.45, 7) is 9.21. The van der Waals surface area contributed by atoms with Crippen molar-refractivity contribution in [1.29, 1.82) is 0 Å². The molecule has 0 aliphatic carbocycles. The van der Waals surface area contributed by atoms with E-state index in [4.69, 9.17) is 0 Å². The van der Waals surface area contributed by atoms with Gasteiger partial charge in [0.15, 0.2) is 0 Å². The fourth-order valence-corrected chi connectivity index (χ4v) is 6.83. The summed E-state index contributed by atoms with van der Waals surface area (Å²) in [6, 6.07) is 30.1. The molecule has 0 spiro atoms. The summed E-state index contributed by atoms with van der Waals surface area (Å²) in [5.41, 5.74) is 3.55. The fourth-order valence-electron chi connectivity index (χ4n) is 5.01. The number of aryl methyl sites for hydroxylation is 2. The second kappa shape index (κ2) is 15.0. The summed E-state index contributed by atoms with van der Waals surface area (Å²) in [6.07, 6.45) is 2.18. The van der Waals surface area contributed by atoms with Crippen LogP contribution < -0.4 is 9.62 Å². The number of hydrogen-bond donors (Lipinski definition) is 1. The van der Waals surface area contributed by atoms with Gasteiger partial charge >= 0.3 is 0 Å². The van der Waals surface area contributed by atoms with Gasteiger partial charge in [-0.15, -0.1) is 11.8 Å². The molecule has 0 aliphatic rings. The lowest BCUT2D eigenvalue weighted by atomic mass is 10.0. The van der Waals surface area contributed by atoms with Crippen LogP contribution in [0.4, 0.5) is 5.69 Å². The largest absolute Gasteiger partial charge is 0.350 e. The third-order valence-electron chi connectivity index (χ3n) is 7.49. The van der Waals surface area contributed by atoms with Crippen molar-refractivity contribution in [3.05, 3.63) is 125 Å². The lowest BCUT2D eigenvalue weighted by Crippen LogP contribution is -2.56. The Morgan fingerprint density at radius 2 is 1.35 bits per heavy atom. The highest BCUT2D eigenvalue weighted by molar-refractivity contribution is 7.98. The maximum atomic E-state index is 14.6. The molecule has 0 fully saturated rings. The lowest BCUT2D eigenvalue weighted by Gasteiger charge is -2.35. The molecule has 242 valence electrons. The highest BCUT2D eigenvalue weighted by Gasteiger charge is 2.35. The quantitative estimate of drug-likeness (QED) is 0.170. The standard InChI is InChI=1S/C37H43N3O4S2/c1-27-12-16-30(17-13-27)25-39(34(36(42)38-37(3,4)5)24-29-10-8-7-9-11-29)35(41)26-40(31-18-14-28(2)15-19-31)46(43,44)33-22-20-32(45-6)21-23-33/h7-23,34H,24-26H2,1-6H3,(H,38,42)/t34-/m0/s1. The van der Waals surface area contributed by atoms with Gasteiger partial charge in [0.25, 0.3) is 10.0 Å². The van der Waals surface area contributed by atoms with Crippen molar-refractivity contribution in [1.82, 2.24) is 10.2 Å². The third-order valence-corrected chi connectivity index (χ3v) is 10.0. The summed E-state index contributed by atoms with van der Waals surface area (Å²) in [4.78, 5) is 31.1. The lowest BCUT2D eigenvalue weighted by molar-refractivity contribution is -0.140. The first-order chi connectivity index (χ1) is 21.8. The number of hydrogen-bond acceptors (Lipinski definition) is 5.